The van der Waals surface area contributed by atoms with Gasteiger partial charge in [0.2, 0.25) is 0 Å². The number of thioether (sulfide) groups is 2. The molecule has 1 aromatic heterocycles. The monoisotopic (exact) mass is 286 g/mol. The molecule has 0 spiro atoms. The van der Waals surface area contributed by atoms with Gasteiger partial charge in [-0.1, -0.05) is 0 Å². The van der Waals surface area contributed by atoms with Crippen LogP contribution in [-0.4, -0.2) is 47.1 Å². The fourth-order valence-corrected chi connectivity index (χ4v) is 4.44. The number of hydrogen-bond donors (Lipinski definition) is 2. The first-order valence-corrected chi connectivity index (χ1v) is 8.16. The van der Waals surface area contributed by atoms with Crippen molar-refractivity contribution in [3.63, 3.8) is 0 Å². The summed E-state index contributed by atoms with van der Waals surface area (Å²) in [6.45, 7) is 1.78. The van der Waals surface area contributed by atoms with Crippen LogP contribution in [0.4, 0.5) is 0 Å². The van der Waals surface area contributed by atoms with Gasteiger partial charge in [0.15, 0.2) is 0 Å². The number of esters is 1. The molecule has 0 saturated carbocycles. The van der Waals surface area contributed by atoms with Crippen LogP contribution in [0.1, 0.15) is 16.2 Å². The number of nitrogens with one attached hydrogen (secondary N) is 2. The number of aromatic nitrogens is 1. The lowest BCUT2D eigenvalue weighted by Crippen LogP contribution is -2.28. The van der Waals surface area contributed by atoms with Crippen molar-refractivity contribution in [3.8, 4) is 0 Å². The Bertz CT molecular complexity index is 389. The van der Waals surface area contributed by atoms with E-state index < -0.39 is 0 Å². The van der Waals surface area contributed by atoms with Crippen molar-refractivity contribution in [3.05, 3.63) is 23.5 Å². The zero-order valence-electron chi connectivity index (χ0n) is 10.4. The minimum absolute atomic E-state index is 0.319. The Kier molecular flexibility index (Phi) is 5.46. The van der Waals surface area contributed by atoms with Gasteiger partial charge in [0.05, 0.1) is 7.11 Å². The van der Waals surface area contributed by atoms with E-state index >= 15 is 0 Å². The van der Waals surface area contributed by atoms with Crippen molar-refractivity contribution in [1.82, 2.24) is 10.3 Å². The molecule has 2 N–H and O–H groups in total. The van der Waals surface area contributed by atoms with Gasteiger partial charge in [0.1, 0.15) is 5.69 Å². The molecule has 18 heavy (non-hydrogen) atoms. The molecule has 4 nitrogen and oxygen atoms in total. The van der Waals surface area contributed by atoms with Gasteiger partial charge in [-0.15, -0.1) is 0 Å². The molecular formula is C12H18N2O2S2. The Morgan fingerprint density at radius 3 is 3.17 bits per heavy atom. The number of aromatic amines is 1. The second kappa shape index (κ2) is 7.11. The molecule has 6 heteroatoms. The average molecular weight is 286 g/mol. The fraction of sp³-hybridized carbons (Fsp3) is 0.583. The van der Waals surface area contributed by atoms with E-state index in [0.717, 1.165) is 18.8 Å². The molecular weight excluding hydrogens is 268 g/mol. The predicted octanol–water partition coefficient (Wildman–Crippen LogP) is 1.74. The topological polar surface area (TPSA) is 54.1 Å². The summed E-state index contributed by atoms with van der Waals surface area (Å²) in [5.74, 6) is 3.45. The third kappa shape index (κ3) is 3.96. The third-order valence-electron chi connectivity index (χ3n) is 2.72. The van der Waals surface area contributed by atoms with Crippen molar-refractivity contribution in [1.29, 1.82) is 0 Å². The highest BCUT2D eigenvalue weighted by Gasteiger charge is 2.14. The molecule has 0 aromatic carbocycles. The molecule has 2 rings (SSSR count). The highest BCUT2D eigenvalue weighted by Crippen LogP contribution is 2.23. The SMILES string of the molecule is COC(=O)c1ccc(CNCC2CSCCS2)[nH]1. The summed E-state index contributed by atoms with van der Waals surface area (Å²) in [6, 6.07) is 3.68. The van der Waals surface area contributed by atoms with Crippen LogP contribution in [0.5, 0.6) is 0 Å². The zero-order chi connectivity index (χ0) is 12.8. The highest BCUT2D eigenvalue weighted by atomic mass is 32.2. The Labute approximate surface area is 116 Å². The summed E-state index contributed by atoms with van der Waals surface area (Å²) in [6.07, 6.45) is 0. The Morgan fingerprint density at radius 1 is 1.56 bits per heavy atom. The molecule has 1 fully saturated rings. The summed E-state index contributed by atoms with van der Waals surface area (Å²) in [4.78, 5) is 14.3. The van der Waals surface area contributed by atoms with Crippen molar-refractivity contribution in [2.45, 2.75) is 11.8 Å². The fourth-order valence-electron chi connectivity index (χ4n) is 1.79. The number of H-pyrrole nitrogens is 1. The van der Waals surface area contributed by atoms with Crippen molar-refractivity contribution < 1.29 is 9.53 Å². The Balaban J connectivity index is 1.72. The summed E-state index contributed by atoms with van der Waals surface area (Å²) in [7, 11) is 1.39. The number of carbonyl (C=O) groups excluding carboxylic acids is 1. The van der Waals surface area contributed by atoms with Gasteiger partial charge in [-0.2, -0.15) is 23.5 Å². The van der Waals surface area contributed by atoms with Crippen LogP contribution in [0.2, 0.25) is 0 Å². The molecule has 1 aliphatic rings. The maximum atomic E-state index is 11.3. The predicted molar refractivity (Wildman–Crippen MR) is 77.4 cm³/mol. The van der Waals surface area contributed by atoms with E-state index in [1.165, 1.54) is 24.4 Å². The standard InChI is InChI=1S/C12H18N2O2S2/c1-16-12(15)11-3-2-9(14-11)6-13-7-10-8-17-4-5-18-10/h2-3,10,13-14H,4-8H2,1H3. The minimum atomic E-state index is -0.319. The molecule has 0 aliphatic carbocycles. The van der Waals surface area contributed by atoms with E-state index in [0.29, 0.717) is 10.9 Å². The number of rotatable bonds is 5. The number of ether oxygens (including phenoxy) is 1. The number of hydrogen-bond acceptors (Lipinski definition) is 5. The quantitative estimate of drug-likeness (QED) is 0.808. The van der Waals surface area contributed by atoms with Crippen molar-refractivity contribution in [2.24, 2.45) is 0 Å². The largest absolute Gasteiger partial charge is 0.464 e. The first kappa shape index (κ1) is 13.8. The molecule has 1 saturated heterocycles. The van der Waals surface area contributed by atoms with Gasteiger partial charge >= 0.3 is 5.97 Å². The van der Waals surface area contributed by atoms with Crippen LogP contribution < -0.4 is 5.32 Å². The molecule has 1 aromatic rings. The third-order valence-corrected chi connectivity index (χ3v) is 5.57. The van der Waals surface area contributed by atoms with E-state index in [4.69, 9.17) is 0 Å². The molecule has 0 bridgehead atoms. The molecule has 0 amide bonds. The summed E-state index contributed by atoms with van der Waals surface area (Å²) in [5, 5.41) is 4.13. The summed E-state index contributed by atoms with van der Waals surface area (Å²) in [5.41, 5.74) is 1.53. The van der Waals surface area contributed by atoms with Gasteiger partial charge in [0, 0.05) is 41.3 Å². The van der Waals surface area contributed by atoms with Crippen LogP contribution in [0, 0.1) is 0 Å². The highest BCUT2D eigenvalue weighted by molar-refractivity contribution is 8.06. The van der Waals surface area contributed by atoms with E-state index in [1.54, 1.807) is 6.07 Å². The maximum Gasteiger partial charge on any atom is 0.354 e. The zero-order valence-corrected chi connectivity index (χ0v) is 12.0. The van der Waals surface area contributed by atoms with Crippen LogP contribution in [-0.2, 0) is 11.3 Å². The Morgan fingerprint density at radius 2 is 2.44 bits per heavy atom. The molecule has 100 valence electrons. The second-order valence-electron chi connectivity index (χ2n) is 4.09. The van der Waals surface area contributed by atoms with E-state index in [9.17, 15) is 4.79 Å². The van der Waals surface area contributed by atoms with Gasteiger partial charge in [-0.3, -0.25) is 0 Å². The van der Waals surface area contributed by atoms with Crippen LogP contribution in [0.25, 0.3) is 0 Å². The van der Waals surface area contributed by atoms with Gasteiger partial charge in [-0.05, 0) is 12.1 Å². The van der Waals surface area contributed by atoms with Crippen LogP contribution in [0.3, 0.4) is 0 Å². The maximum absolute atomic E-state index is 11.3. The van der Waals surface area contributed by atoms with Crippen molar-refractivity contribution in [2.75, 3.05) is 30.9 Å². The second-order valence-corrected chi connectivity index (χ2v) is 6.65. The summed E-state index contributed by atoms with van der Waals surface area (Å²) >= 11 is 4.07. The van der Waals surface area contributed by atoms with Crippen LogP contribution in [0.15, 0.2) is 12.1 Å². The minimum Gasteiger partial charge on any atom is -0.464 e. The molecule has 1 atom stereocenters. The van der Waals surface area contributed by atoms with E-state index in [2.05, 4.69) is 15.0 Å². The van der Waals surface area contributed by atoms with Crippen LogP contribution >= 0.6 is 23.5 Å². The first-order chi connectivity index (χ1) is 8.79. The molecule has 0 radical (unpaired) electrons. The van der Waals surface area contributed by atoms with Gasteiger partial charge in [-0.25, -0.2) is 4.79 Å². The Hall–Kier alpha value is -0.590. The lowest BCUT2D eigenvalue weighted by molar-refractivity contribution is 0.0594. The normalized spacial score (nSPS) is 19.7. The average Bonchev–Trinajstić information content (AvgIpc) is 2.88. The van der Waals surface area contributed by atoms with Gasteiger partial charge < -0.3 is 15.0 Å². The van der Waals surface area contributed by atoms with E-state index in [-0.39, 0.29) is 5.97 Å². The van der Waals surface area contributed by atoms with E-state index in [1.807, 2.05) is 29.6 Å². The number of carbonyl (C=O) groups is 1. The molecule has 2 heterocycles. The molecule has 1 aliphatic heterocycles. The van der Waals surface area contributed by atoms with Crippen molar-refractivity contribution >= 4 is 29.5 Å². The summed E-state index contributed by atoms with van der Waals surface area (Å²) < 4.78 is 4.65. The molecule has 1 unspecified atom stereocenters. The number of methoxy groups -OCH3 is 1. The smallest absolute Gasteiger partial charge is 0.354 e. The van der Waals surface area contributed by atoms with Gasteiger partial charge in [0.25, 0.3) is 0 Å². The lowest BCUT2D eigenvalue weighted by atomic mass is 10.4. The lowest BCUT2D eigenvalue weighted by Gasteiger charge is -2.21. The first-order valence-electron chi connectivity index (χ1n) is 5.96.